The van der Waals surface area contributed by atoms with Gasteiger partial charge < -0.3 is 30.1 Å². The Balaban J connectivity index is 2.15. The number of benzene rings is 1. The lowest BCUT2D eigenvalue weighted by molar-refractivity contribution is -0.154. The van der Waals surface area contributed by atoms with Gasteiger partial charge in [-0.15, -0.1) is 0 Å². The van der Waals surface area contributed by atoms with Crippen molar-refractivity contribution in [3.63, 3.8) is 0 Å². The largest absolute Gasteiger partial charge is 0.386 e. The fourth-order valence-corrected chi connectivity index (χ4v) is 7.27. The van der Waals surface area contributed by atoms with E-state index >= 15 is 0 Å². The lowest BCUT2D eigenvalue weighted by atomic mass is 9.84. The third-order valence-corrected chi connectivity index (χ3v) is 10.7. The van der Waals surface area contributed by atoms with Crippen LogP contribution in [0.5, 0.6) is 0 Å². The molecule has 1 aromatic carbocycles. The molecule has 1 fully saturated rings. The molecule has 0 bridgehead atoms. The van der Waals surface area contributed by atoms with Crippen molar-refractivity contribution in [1.82, 2.24) is 20.4 Å². The van der Waals surface area contributed by atoms with Crippen molar-refractivity contribution in [2.75, 3.05) is 34.9 Å². The van der Waals surface area contributed by atoms with Gasteiger partial charge in [-0.05, 0) is 50.8 Å². The number of rotatable bonds is 21. The second kappa shape index (κ2) is 20.2. The molecule has 3 amide bonds. The normalized spacial score (nSPS) is 20.2. The first-order valence-corrected chi connectivity index (χ1v) is 18.4. The molecule has 0 saturated carbocycles. The first-order chi connectivity index (χ1) is 23.5. The van der Waals surface area contributed by atoms with Crippen LogP contribution in [-0.4, -0.2) is 110 Å². The summed E-state index contributed by atoms with van der Waals surface area (Å²) in [7, 11) is 6.87. The van der Waals surface area contributed by atoms with Crippen LogP contribution in [-0.2, 0) is 28.7 Å². The van der Waals surface area contributed by atoms with Crippen LogP contribution in [0.25, 0.3) is 0 Å². The molecule has 1 saturated heterocycles. The molecule has 1 unspecified atom stereocenters. The van der Waals surface area contributed by atoms with E-state index in [0.717, 1.165) is 6.42 Å². The molecule has 3 N–H and O–H groups in total. The topological polar surface area (TPSA) is 138 Å². The summed E-state index contributed by atoms with van der Waals surface area (Å²) in [5.41, 5.74) is 0.712. The van der Waals surface area contributed by atoms with Gasteiger partial charge in [-0.1, -0.05) is 85.2 Å². The molecule has 1 aliphatic heterocycles. The highest BCUT2D eigenvalue weighted by molar-refractivity contribution is 5.90. The first kappa shape index (κ1) is 43.3. The SMILES string of the molecule is CCC(C)[C@H](NC(=O)[C@@H](CC(=O)[C@H](C(C)C)N(C)C)C(C)C)[C@@H](CC(=O)N1CC[C@H]1[C@H](OC)[C@@H](C)C(=O)N[C@H](C)[C@@H](O)c1ccccc1)OC. The highest BCUT2D eigenvalue weighted by atomic mass is 16.5. The predicted molar refractivity (Wildman–Crippen MR) is 196 cm³/mol. The first-order valence-electron chi connectivity index (χ1n) is 18.4. The van der Waals surface area contributed by atoms with Gasteiger partial charge in [0, 0.05) is 33.1 Å². The van der Waals surface area contributed by atoms with Gasteiger partial charge in [-0.2, -0.15) is 0 Å². The van der Waals surface area contributed by atoms with E-state index in [2.05, 4.69) is 10.6 Å². The molecule has 0 aromatic heterocycles. The number of nitrogens with one attached hydrogen (secondary N) is 2. The Morgan fingerprint density at radius 3 is 1.98 bits per heavy atom. The van der Waals surface area contributed by atoms with E-state index in [1.807, 2.05) is 90.9 Å². The smallest absolute Gasteiger partial charge is 0.225 e. The zero-order valence-corrected chi connectivity index (χ0v) is 32.6. The predicted octanol–water partition coefficient (Wildman–Crippen LogP) is 4.23. The van der Waals surface area contributed by atoms with E-state index in [4.69, 9.17) is 9.47 Å². The van der Waals surface area contributed by atoms with E-state index in [9.17, 15) is 24.3 Å². The summed E-state index contributed by atoms with van der Waals surface area (Å²) in [5.74, 6) is -1.63. The zero-order chi connectivity index (χ0) is 37.9. The highest BCUT2D eigenvalue weighted by Crippen LogP contribution is 2.30. The van der Waals surface area contributed by atoms with Gasteiger partial charge in [0.25, 0.3) is 0 Å². The monoisotopic (exact) mass is 702 g/mol. The van der Waals surface area contributed by atoms with Gasteiger partial charge in [-0.25, -0.2) is 0 Å². The molecule has 10 atom stereocenters. The Labute approximate surface area is 301 Å². The van der Waals surface area contributed by atoms with Crippen LogP contribution in [0.1, 0.15) is 92.7 Å². The minimum atomic E-state index is -0.869. The van der Waals surface area contributed by atoms with Gasteiger partial charge in [0.05, 0.1) is 54.8 Å². The van der Waals surface area contributed by atoms with Crippen LogP contribution in [0.2, 0.25) is 0 Å². The molecule has 0 radical (unpaired) electrons. The molecule has 1 heterocycles. The maximum Gasteiger partial charge on any atom is 0.225 e. The Kier molecular flexibility index (Phi) is 17.5. The Hall–Kier alpha value is -2.86. The number of aliphatic hydroxyl groups excluding tert-OH is 1. The number of nitrogens with zero attached hydrogens (tertiary/aromatic N) is 2. The standard InChI is InChI=1S/C39H66N4O7/c1-13-25(6)34(41-39(48)29(23(2)3)21-31(44)35(24(4)5)42(9)10)32(49-11)22-33(45)43-20-19-30(43)37(50-12)26(7)38(47)40-27(8)36(46)28-17-15-14-16-18-28/h14-18,23-27,29-30,32,34-37,46H,13,19-22H2,1-12H3,(H,40,47)(H,41,48)/t25?,26-,27-,29+,30+,32-,34+,35+,36-,37-/m1/s1. The van der Waals surface area contributed by atoms with Gasteiger partial charge >= 0.3 is 0 Å². The molecule has 2 rings (SSSR count). The minimum Gasteiger partial charge on any atom is -0.386 e. The van der Waals surface area contributed by atoms with E-state index in [1.165, 1.54) is 0 Å². The van der Waals surface area contributed by atoms with Gasteiger partial charge in [0.1, 0.15) is 0 Å². The number of likely N-dealkylation sites (N-methyl/N-ethyl adjacent to an activating group) is 1. The van der Waals surface area contributed by atoms with Crippen LogP contribution in [0.4, 0.5) is 0 Å². The number of carbonyl (C=O) groups is 4. The van der Waals surface area contributed by atoms with Crippen molar-refractivity contribution in [3.8, 4) is 0 Å². The number of amides is 3. The maximum absolute atomic E-state index is 13.8. The zero-order valence-electron chi connectivity index (χ0n) is 32.6. The average molecular weight is 703 g/mol. The molecule has 0 aliphatic carbocycles. The van der Waals surface area contributed by atoms with Crippen LogP contribution < -0.4 is 10.6 Å². The summed E-state index contributed by atoms with van der Waals surface area (Å²) in [6, 6.07) is 7.61. The van der Waals surface area contributed by atoms with Crippen LogP contribution in [0.3, 0.4) is 0 Å². The lowest BCUT2D eigenvalue weighted by Gasteiger charge is -2.47. The Morgan fingerprint density at radius 1 is 0.900 bits per heavy atom. The number of ether oxygens (including phenoxy) is 2. The maximum atomic E-state index is 13.8. The number of likely N-dealkylation sites (tertiary alicyclic amines) is 1. The number of Topliss-reactive ketones (excluding diaryl/α,β-unsaturated/α-hetero) is 1. The van der Waals surface area contributed by atoms with Crippen LogP contribution in [0.15, 0.2) is 30.3 Å². The average Bonchev–Trinajstić information content (AvgIpc) is 3.05. The molecule has 0 spiro atoms. The minimum absolute atomic E-state index is 0.00116. The van der Waals surface area contributed by atoms with Gasteiger partial charge in [-0.3, -0.25) is 24.1 Å². The van der Waals surface area contributed by atoms with E-state index < -0.39 is 42.2 Å². The van der Waals surface area contributed by atoms with E-state index in [-0.39, 0.29) is 66.2 Å². The van der Waals surface area contributed by atoms with E-state index in [0.29, 0.717) is 18.5 Å². The van der Waals surface area contributed by atoms with Crippen molar-refractivity contribution in [3.05, 3.63) is 35.9 Å². The molecule has 50 heavy (non-hydrogen) atoms. The third kappa shape index (κ3) is 11.3. The van der Waals surface area contributed by atoms with Crippen molar-refractivity contribution in [2.24, 2.45) is 29.6 Å². The van der Waals surface area contributed by atoms with Gasteiger partial charge in [0.15, 0.2) is 5.78 Å². The number of hydrogen-bond acceptors (Lipinski definition) is 8. The summed E-state index contributed by atoms with van der Waals surface area (Å²) in [6.45, 7) is 16.1. The highest BCUT2D eigenvalue weighted by Gasteiger charge is 2.44. The molecule has 11 heteroatoms. The number of hydrogen-bond donors (Lipinski definition) is 3. The number of carbonyl (C=O) groups excluding carboxylic acids is 4. The van der Waals surface area contributed by atoms with Crippen molar-refractivity contribution in [1.29, 1.82) is 0 Å². The summed E-state index contributed by atoms with van der Waals surface area (Å²) in [5, 5.41) is 16.9. The van der Waals surface area contributed by atoms with E-state index in [1.54, 1.807) is 33.0 Å². The molecule has 1 aromatic rings. The fraction of sp³-hybridized carbons (Fsp3) is 0.744. The van der Waals surface area contributed by atoms with Crippen LogP contribution in [0, 0.1) is 29.6 Å². The summed E-state index contributed by atoms with van der Waals surface area (Å²) >= 11 is 0. The molecule has 1 aliphatic rings. The molecule has 284 valence electrons. The van der Waals surface area contributed by atoms with Crippen LogP contribution >= 0.6 is 0 Å². The third-order valence-electron chi connectivity index (χ3n) is 10.7. The quantitative estimate of drug-likeness (QED) is 0.173. The fourth-order valence-electron chi connectivity index (χ4n) is 7.27. The summed E-state index contributed by atoms with van der Waals surface area (Å²) in [4.78, 5) is 58.0. The van der Waals surface area contributed by atoms with Gasteiger partial charge in [0.2, 0.25) is 17.7 Å². The Bertz CT molecular complexity index is 1220. The lowest BCUT2D eigenvalue weighted by Crippen LogP contribution is -2.61. The second-order valence-corrected chi connectivity index (χ2v) is 15.2. The Morgan fingerprint density at radius 2 is 1.52 bits per heavy atom. The number of methoxy groups -OCH3 is 2. The number of ketones is 1. The van der Waals surface area contributed by atoms with Crippen molar-refractivity contribution >= 4 is 23.5 Å². The summed E-state index contributed by atoms with van der Waals surface area (Å²) in [6.07, 6.45) is -0.408. The number of aliphatic hydroxyl groups is 1. The molecular formula is C39H66N4O7. The summed E-state index contributed by atoms with van der Waals surface area (Å²) < 4.78 is 11.7. The second-order valence-electron chi connectivity index (χ2n) is 15.2. The molecular weight excluding hydrogens is 636 g/mol. The molecule has 11 nitrogen and oxygen atoms in total. The van der Waals surface area contributed by atoms with Crippen molar-refractivity contribution in [2.45, 2.75) is 124 Å². The van der Waals surface area contributed by atoms with Crippen molar-refractivity contribution < 1.29 is 33.8 Å².